The molecule has 0 spiro atoms. The molecule has 0 bridgehead atoms. The van der Waals surface area contributed by atoms with E-state index in [-0.39, 0.29) is 18.0 Å². The molecule has 2 atom stereocenters. The summed E-state index contributed by atoms with van der Waals surface area (Å²) in [6.07, 6.45) is 20.4. The minimum Gasteiger partial charge on any atom is -0.463 e. The summed E-state index contributed by atoms with van der Waals surface area (Å²) in [6, 6.07) is 0. The maximum atomic E-state index is 12.4. The summed E-state index contributed by atoms with van der Waals surface area (Å²) in [5, 5.41) is 0. The van der Waals surface area contributed by atoms with Gasteiger partial charge in [0.05, 0.1) is 12.5 Å². The van der Waals surface area contributed by atoms with Gasteiger partial charge in [-0.2, -0.15) is 0 Å². The van der Waals surface area contributed by atoms with Crippen LogP contribution in [0, 0.1) is 5.92 Å². The van der Waals surface area contributed by atoms with Crippen molar-refractivity contribution in [1.29, 1.82) is 0 Å². The number of rotatable bonds is 19. The van der Waals surface area contributed by atoms with Crippen LogP contribution in [0.15, 0.2) is 0 Å². The Balaban J connectivity index is 2.13. The van der Waals surface area contributed by atoms with Gasteiger partial charge in [-0.3, -0.25) is 4.79 Å². The van der Waals surface area contributed by atoms with Gasteiger partial charge in [0.15, 0.2) is 0 Å². The molecule has 2 unspecified atom stereocenters. The molecule has 0 aliphatic carbocycles. The molecule has 0 aromatic rings. The number of esters is 1. The van der Waals surface area contributed by atoms with Crippen molar-refractivity contribution in [2.45, 2.75) is 123 Å². The van der Waals surface area contributed by atoms with Crippen LogP contribution in [0.4, 0.5) is 0 Å². The lowest BCUT2D eigenvalue weighted by Gasteiger charge is -2.16. The first kappa shape index (κ1) is 23.5. The second-order valence-corrected chi connectivity index (χ2v) is 8.10. The van der Waals surface area contributed by atoms with Gasteiger partial charge >= 0.3 is 5.97 Å². The van der Waals surface area contributed by atoms with Crippen LogP contribution < -0.4 is 0 Å². The summed E-state index contributed by atoms with van der Waals surface area (Å²) in [5.41, 5.74) is 0. The molecule has 0 radical (unpaired) electrons. The standard InChI is InChI=1S/C23H44O3/c1-3-5-7-9-11-12-14-16-18-21(17-15-13-10-8-6-4-2)23(24)26-20-22-19-25-22/h21-22H,3-20H2,1-2H3. The molecule has 1 heterocycles. The van der Waals surface area contributed by atoms with Gasteiger partial charge in [0.1, 0.15) is 12.7 Å². The lowest BCUT2D eigenvalue weighted by atomic mass is 9.94. The lowest BCUT2D eigenvalue weighted by Crippen LogP contribution is -2.20. The average Bonchev–Trinajstić information content (AvgIpc) is 3.47. The molecule has 0 amide bonds. The molecule has 154 valence electrons. The topological polar surface area (TPSA) is 38.8 Å². The van der Waals surface area contributed by atoms with E-state index in [1.807, 2.05) is 0 Å². The van der Waals surface area contributed by atoms with Crippen molar-refractivity contribution in [3.63, 3.8) is 0 Å². The van der Waals surface area contributed by atoms with Gasteiger partial charge in [0.2, 0.25) is 0 Å². The van der Waals surface area contributed by atoms with Gasteiger partial charge in [0, 0.05) is 0 Å². The Hall–Kier alpha value is -0.570. The molecule has 0 aromatic carbocycles. The van der Waals surface area contributed by atoms with Crippen LogP contribution in [0.1, 0.15) is 117 Å². The summed E-state index contributed by atoms with van der Waals surface area (Å²) in [7, 11) is 0. The largest absolute Gasteiger partial charge is 0.463 e. The summed E-state index contributed by atoms with van der Waals surface area (Å²) in [5.74, 6) is 0.136. The van der Waals surface area contributed by atoms with E-state index in [0.29, 0.717) is 6.61 Å². The van der Waals surface area contributed by atoms with Crippen molar-refractivity contribution in [2.24, 2.45) is 5.92 Å². The maximum absolute atomic E-state index is 12.4. The van der Waals surface area contributed by atoms with Crippen LogP contribution in [0.3, 0.4) is 0 Å². The molecule has 3 nitrogen and oxygen atoms in total. The average molecular weight is 369 g/mol. The second-order valence-electron chi connectivity index (χ2n) is 8.10. The Morgan fingerprint density at radius 1 is 0.808 bits per heavy atom. The van der Waals surface area contributed by atoms with Gasteiger partial charge in [-0.15, -0.1) is 0 Å². The molecule has 1 fully saturated rings. The molecule has 1 saturated heterocycles. The summed E-state index contributed by atoms with van der Waals surface area (Å²) >= 11 is 0. The Labute approximate surface area is 162 Å². The third kappa shape index (κ3) is 13.6. The van der Waals surface area contributed by atoms with Crippen molar-refractivity contribution in [1.82, 2.24) is 0 Å². The van der Waals surface area contributed by atoms with E-state index in [1.165, 1.54) is 89.9 Å². The summed E-state index contributed by atoms with van der Waals surface area (Å²) < 4.78 is 10.6. The number of carbonyl (C=O) groups is 1. The van der Waals surface area contributed by atoms with Crippen LogP contribution in [0.25, 0.3) is 0 Å². The number of epoxide rings is 1. The Kier molecular flexibility index (Phi) is 15.0. The molecule has 26 heavy (non-hydrogen) atoms. The molecule has 1 aliphatic heterocycles. The highest BCUT2D eigenvalue weighted by molar-refractivity contribution is 5.72. The fourth-order valence-electron chi connectivity index (χ4n) is 3.53. The van der Waals surface area contributed by atoms with E-state index in [2.05, 4.69) is 13.8 Å². The molecule has 0 saturated carbocycles. The second kappa shape index (κ2) is 16.6. The predicted octanol–water partition coefficient (Wildman–Crippen LogP) is 6.83. The molecule has 3 heteroatoms. The zero-order valence-corrected chi connectivity index (χ0v) is 17.6. The third-order valence-electron chi connectivity index (χ3n) is 5.46. The van der Waals surface area contributed by atoms with Crippen molar-refractivity contribution in [2.75, 3.05) is 13.2 Å². The lowest BCUT2D eigenvalue weighted by molar-refractivity contribution is -0.149. The number of carbonyl (C=O) groups excluding carboxylic acids is 1. The molecule has 0 N–H and O–H groups in total. The fraction of sp³-hybridized carbons (Fsp3) is 0.957. The minimum atomic E-state index is 0.0250. The van der Waals surface area contributed by atoms with E-state index in [1.54, 1.807) is 0 Å². The van der Waals surface area contributed by atoms with Crippen LogP contribution >= 0.6 is 0 Å². The quantitative estimate of drug-likeness (QED) is 0.142. The van der Waals surface area contributed by atoms with Crippen molar-refractivity contribution in [3.05, 3.63) is 0 Å². The number of hydrogen-bond acceptors (Lipinski definition) is 3. The van der Waals surface area contributed by atoms with E-state index in [0.717, 1.165) is 19.4 Å². The normalized spacial score (nSPS) is 17.2. The predicted molar refractivity (Wildman–Crippen MR) is 109 cm³/mol. The fourth-order valence-corrected chi connectivity index (χ4v) is 3.53. The highest BCUT2D eigenvalue weighted by atomic mass is 16.6. The Morgan fingerprint density at radius 3 is 1.65 bits per heavy atom. The molecule has 1 rings (SSSR count). The first-order valence-corrected chi connectivity index (χ1v) is 11.6. The smallest absolute Gasteiger partial charge is 0.309 e. The first-order valence-electron chi connectivity index (χ1n) is 11.6. The van der Waals surface area contributed by atoms with Gasteiger partial charge in [-0.25, -0.2) is 0 Å². The van der Waals surface area contributed by atoms with E-state index < -0.39 is 0 Å². The molecular formula is C23H44O3. The van der Waals surface area contributed by atoms with Gasteiger partial charge in [-0.1, -0.05) is 104 Å². The number of hydrogen-bond donors (Lipinski definition) is 0. The first-order chi connectivity index (χ1) is 12.8. The van der Waals surface area contributed by atoms with Crippen molar-refractivity contribution >= 4 is 5.97 Å². The summed E-state index contributed by atoms with van der Waals surface area (Å²) in [6.45, 7) is 5.73. The molecular weight excluding hydrogens is 324 g/mol. The van der Waals surface area contributed by atoms with Gasteiger partial charge in [0.25, 0.3) is 0 Å². The summed E-state index contributed by atoms with van der Waals surface area (Å²) in [4.78, 5) is 12.4. The van der Waals surface area contributed by atoms with Gasteiger partial charge in [-0.05, 0) is 12.8 Å². The van der Waals surface area contributed by atoms with Crippen molar-refractivity contribution in [3.8, 4) is 0 Å². The third-order valence-corrected chi connectivity index (χ3v) is 5.46. The number of ether oxygens (including phenoxy) is 2. The van der Waals surface area contributed by atoms with Crippen LogP contribution in [-0.2, 0) is 14.3 Å². The van der Waals surface area contributed by atoms with E-state index >= 15 is 0 Å². The SMILES string of the molecule is CCCCCCCCCCC(CCCCCCCC)C(=O)OCC1CO1. The number of unbranched alkanes of at least 4 members (excludes halogenated alkanes) is 12. The minimum absolute atomic E-state index is 0.0250. The van der Waals surface area contributed by atoms with Gasteiger partial charge < -0.3 is 9.47 Å². The monoisotopic (exact) mass is 368 g/mol. The zero-order valence-electron chi connectivity index (χ0n) is 17.6. The Bertz CT molecular complexity index is 325. The highest BCUT2D eigenvalue weighted by Gasteiger charge is 2.26. The Morgan fingerprint density at radius 2 is 1.23 bits per heavy atom. The maximum Gasteiger partial charge on any atom is 0.309 e. The molecule has 0 aromatic heterocycles. The van der Waals surface area contributed by atoms with E-state index in [4.69, 9.17) is 9.47 Å². The highest BCUT2D eigenvalue weighted by Crippen LogP contribution is 2.21. The van der Waals surface area contributed by atoms with Crippen LogP contribution in [0.2, 0.25) is 0 Å². The van der Waals surface area contributed by atoms with Crippen LogP contribution in [-0.4, -0.2) is 25.3 Å². The molecule has 1 aliphatic rings. The van der Waals surface area contributed by atoms with Crippen LogP contribution in [0.5, 0.6) is 0 Å². The van der Waals surface area contributed by atoms with E-state index in [9.17, 15) is 4.79 Å². The van der Waals surface area contributed by atoms with Crippen molar-refractivity contribution < 1.29 is 14.3 Å². The zero-order chi connectivity index (χ0) is 18.9.